The van der Waals surface area contributed by atoms with Gasteiger partial charge in [-0.25, -0.2) is 4.79 Å². The van der Waals surface area contributed by atoms with Crippen molar-refractivity contribution in [3.8, 4) is 17.2 Å². The first-order valence-electron chi connectivity index (χ1n) is 8.89. The van der Waals surface area contributed by atoms with Crippen LogP contribution in [0.25, 0.3) is 0 Å². The van der Waals surface area contributed by atoms with E-state index in [4.69, 9.17) is 30.9 Å². The lowest BCUT2D eigenvalue weighted by Gasteiger charge is -2.17. The Hall–Kier alpha value is -2.40. The summed E-state index contributed by atoms with van der Waals surface area (Å²) in [6, 6.07) is 8.91. The average molecular weight is 393 g/mol. The van der Waals surface area contributed by atoms with Crippen LogP contribution in [0.1, 0.15) is 48.2 Å². The fourth-order valence-electron chi connectivity index (χ4n) is 2.63. The zero-order valence-electron chi connectivity index (χ0n) is 16.0. The Balaban J connectivity index is 2.07. The number of hydrogen-bond acceptors (Lipinski definition) is 4. The smallest absolute Gasteiger partial charge is 0.335 e. The van der Waals surface area contributed by atoms with E-state index in [1.54, 1.807) is 6.92 Å². The molecule has 5 nitrogen and oxygen atoms in total. The lowest BCUT2D eigenvalue weighted by molar-refractivity contribution is 0.0696. The second-order valence-electron chi connectivity index (χ2n) is 6.42. The molecule has 2 aromatic carbocycles. The van der Waals surface area contributed by atoms with Gasteiger partial charge in [0.25, 0.3) is 0 Å². The van der Waals surface area contributed by atoms with Crippen molar-refractivity contribution in [2.75, 3.05) is 19.8 Å². The van der Waals surface area contributed by atoms with Gasteiger partial charge in [0.05, 0.1) is 17.2 Å². The predicted octanol–water partition coefficient (Wildman–Crippen LogP) is 5.33. The van der Waals surface area contributed by atoms with Crippen LogP contribution in [0.2, 0.25) is 5.02 Å². The van der Waals surface area contributed by atoms with Crippen molar-refractivity contribution >= 4 is 17.6 Å². The van der Waals surface area contributed by atoms with Crippen molar-refractivity contribution in [1.29, 1.82) is 0 Å². The number of carboxylic acids is 1. The maximum Gasteiger partial charge on any atom is 0.335 e. The molecule has 0 aliphatic heterocycles. The van der Waals surface area contributed by atoms with Gasteiger partial charge in [0, 0.05) is 0 Å². The average Bonchev–Trinajstić information content (AvgIpc) is 2.60. The molecule has 0 heterocycles. The Bertz CT molecular complexity index is 801. The van der Waals surface area contributed by atoms with Crippen LogP contribution in [0.15, 0.2) is 30.3 Å². The Kier molecular flexibility index (Phi) is 7.36. The van der Waals surface area contributed by atoms with Crippen LogP contribution in [0.5, 0.6) is 17.2 Å². The molecule has 0 aliphatic carbocycles. The first-order chi connectivity index (χ1) is 12.8. The highest BCUT2D eigenvalue weighted by molar-refractivity contribution is 6.32. The second kappa shape index (κ2) is 9.51. The summed E-state index contributed by atoms with van der Waals surface area (Å²) >= 11 is 6.19. The van der Waals surface area contributed by atoms with Crippen molar-refractivity contribution in [3.63, 3.8) is 0 Å². The summed E-state index contributed by atoms with van der Waals surface area (Å²) in [7, 11) is 0. The number of ether oxygens (including phenoxy) is 3. The van der Waals surface area contributed by atoms with Gasteiger partial charge in [0.1, 0.15) is 19.0 Å². The zero-order valence-corrected chi connectivity index (χ0v) is 16.8. The SMILES string of the molecule is CCOc1cc(C(=O)O)cc(Cl)c1OCCOc1cc(C)ccc1C(C)C. The van der Waals surface area contributed by atoms with Gasteiger partial charge in [-0.3, -0.25) is 0 Å². The number of hydrogen-bond donors (Lipinski definition) is 1. The highest BCUT2D eigenvalue weighted by atomic mass is 35.5. The topological polar surface area (TPSA) is 65.0 Å². The number of aromatic carboxylic acids is 1. The highest BCUT2D eigenvalue weighted by Gasteiger charge is 2.16. The number of carbonyl (C=O) groups is 1. The van der Waals surface area contributed by atoms with Gasteiger partial charge < -0.3 is 19.3 Å². The van der Waals surface area contributed by atoms with Crippen LogP contribution < -0.4 is 14.2 Å². The van der Waals surface area contributed by atoms with Crippen LogP contribution in [-0.4, -0.2) is 30.9 Å². The van der Waals surface area contributed by atoms with Crippen molar-refractivity contribution in [1.82, 2.24) is 0 Å². The van der Waals surface area contributed by atoms with Gasteiger partial charge in [-0.15, -0.1) is 0 Å². The normalized spacial score (nSPS) is 10.7. The lowest BCUT2D eigenvalue weighted by Crippen LogP contribution is -2.12. The second-order valence-corrected chi connectivity index (χ2v) is 6.82. The van der Waals surface area contributed by atoms with E-state index in [0.717, 1.165) is 16.9 Å². The van der Waals surface area contributed by atoms with E-state index in [1.165, 1.54) is 12.1 Å². The third-order valence-electron chi connectivity index (χ3n) is 3.93. The molecule has 0 aromatic heterocycles. The quantitative estimate of drug-likeness (QED) is 0.584. The Labute approximate surface area is 164 Å². The third kappa shape index (κ3) is 5.54. The molecule has 0 radical (unpaired) electrons. The van der Waals surface area contributed by atoms with Crippen LogP contribution in [0, 0.1) is 6.92 Å². The van der Waals surface area contributed by atoms with Crippen molar-refractivity contribution in [3.05, 3.63) is 52.0 Å². The lowest BCUT2D eigenvalue weighted by atomic mass is 10.0. The summed E-state index contributed by atoms with van der Waals surface area (Å²) in [5.74, 6) is 0.740. The van der Waals surface area contributed by atoms with E-state index in [2.05, 4.69) is 26.0 Å². The number of carboxylic acid groups (broad SMARTS) is 1. The molecule has 0 spiro atoms. The van der Waals surface area contributed by atoms with Crippen LogP contribution in [0.4, 0.5) is 0 Å². The molecule has 2 rings (SSSR count). The van der Waals surface area contributed by atoms with Crippen molar-refractivity contribution in [2.45, 2.75) is 33.6 Å². The molecule has 146 valence electrons. The standard InChI is InChI=1S/C21H25ClO5/c1-5-25-19-12-15(21(23)24)11-17(22)20(19)27-9-8-26-18-10-14(4)6-7-16(18)13(2)3/h6-7,10-13H,5,8-9H2,1-4H3,(H,23,24). The summed E-state index contributed by atoms with van der Waals surface area (Å²) in [6.45, 7) is 9.00. The summed E-state index contributed by atoms with van der Waals surface area (Å²) in [4.78, 5) is 11.2. The molecule has 27 heavy (non-hydrogen) atoms. The van der Waals surface area contributed by atoms with Crippen LogP contribution >= 0.6 is 11.6 Å². The first kappa shape index (κ1) is 20.9. The summed E-state index contributed by atoms with van der Waals surface area (Å²) < 4.78 is 17.1. The van der Waals surface area contributed by atoms with Crippen LogP contribution in [0.3, 0.4) is 0 Å². The molecule has 0 bridgehead atoms. The Morgan fingerprint density at radius 2 is 1.78 bits per heavy atom. The molecule has 0 atom stereocenters. The molecule has 2 aromatic rings. The van der Waals surface area contributed by atoms with Crippen LogP contribution in [-0.2, 0) is 0 Å². The van der Waals surface area contributed by atoms with E-state index < -0.39 is 5.97 Å². The zero-order chi connectivity index (χ0) is 20.0. The number of halogens is 1. The van der Waals surface area contributed by atoms with Gasteiger partial charge in [-0.2, -0.15) is 0 Å². The Morgan fingerprint density at radius 1 is 1.07 bits per heavy atom. The van der Waals surface area contributed by atoms with Crippen molar-refractivity contribution < 1.29 is 24.1 Å². The molecule has 1 N–H and O–H groups in total. The Morgan fingerprint density at radius 3 is 2.41 bits per heavy atom. The van der Waals surface area contributed by atoms with Crippen molar-refractivity contribution in [2.24, 2.45) is 0 Å². The maximum absolute atomic E-state index is 11.2. The highest BCUT2D eigenvalue weighted by Crippen LogP contribution is 2.37. The number of benzene rings is 2. The molecular formula is C21H25ClO5. The largest absolute Gasteiger partial charge is 0.490 e. The summed E-state index contributed by atoms with van der Waals surface area (Å²) in [5, 5.41) is 9.34. The maximum atomic E-state index is 11.2. The molecule has 0 unspecified atom stereocenters. The monoisotopic (exact) mass is 392 g/mol. The molecule has 0 saturated carbocycles. The fraction of sp³-hybridized carbons (Fsp3) is 0.381. The number of rotatable bonds is 9. The van der Waals surface area contributed by atoms with E-state index in [0.29, 0.717) is 30.6 Å². The number of aryl methyl sites for hydroxylation is 1. The van der Waals surface area contributed by atoms with Gasteiger partial charge in [-0.1, -0.05) is 37.6 Å². The van der Waals surface area contributed by atoms with Gasteiger partial charge in [0.2, 0.25) is 0 Å². The van der Waals surface area contributed by atoms with Gasteiger partial charge in [-0.05, 0) is 49.1 Å². The van der Waals surface area contributed by atoms with E-state index >= 15 is 0 Å². The molecule has 6 heteroatoms. The molecule has 0 amide bonds. The first-order valence-corrected chi connectivity index (χ1v) is 9.27. The van der Waals surface area contributed by atoms with Gasteiger partial charge >= 0.3 is 5.97 Å². The third-order valence-corrected chi connectivity index (χ3v) is 4.22. The molecule has 0 fully saturated rings. The molecule has 0 saturated heterocycles. The summed E-state index contributed by atoms with van der Waals surface area (Å²) in [5.41, 5.74) is 2.31. The summed E-state index contributed by atoms with van der Waals surface area (Å²) in [6.07, 6.45) is 0. The predicted molar refractivity (Wildman–Crippen MR) is 106 cm³/mol. The van der Waals surface area contributed by atoms with Gasteiger partial charge in [0.15, 0.2) is 11.5 Å². The van der Waals surface area contributed by atoms with E-state index in [9.17, 15) is 4.79 Å². The minimum absolute atomic E-state index is 0.0494. The van der Waals surface area contributed by atoms with E-state index in [-0.39, 0.29) is 17.2 Å². The molecule has 0 aliphatic rings. The van der Waals surface area contributed by atoms with E-state index in [1.807, 2.05) is 13.0 Å². The minimum atomic E-state index is -1.08. The fourth-order valence-corrected chi connectivity index (χ4v) is 2.90. The molecular weight excluding hydrogens is 368 g/mol. The minimum Gasteiger partial charge on any atom is -0.490 e.